The van der Waals surface area contributed by atoms with Crippen LogP contribution in [0.3, 0.4) is 0 Å². The fourth-order valence-electron chi connectivity index (χ4n) is 5.74. The highest BCUT2D eigenvalue weighted by atomic mass is 15.3. The molecule has 1 rings (SSSR count). The molecule has 1 heterocycles. The van der Waals surface area contributed by atoms with Gasteiger partial charge in [-0.25, -0.2) is 0 Å². The fraction of sp³-hybridized carbons (Fsp3) is 1.00. The van der Waals surface area contributed by atoms with E-state index in [-0.39, 0.29) is 21.9 Å². The van der Waals surface area contributed by atoms with E-state index in [1.54, 1.807) is 0 Å². The van der Waals surface area contributed by atoms with Gasteiger partial charge in [-0.15, -0.1) is 0 Å². The molecule has 0 aromatic heterocycles. The minimum Gasteiger partial charge on any atom is -0.291 e. The summed E-state index contributed by atoms with van der Waals surface area (Å²) in [4.78, 5) is 2.84. The van der Waals surface area contributed by atoms with Crippen molar-refractivity contribution in [3.05, 3.63) is 0 Å². The molecule has 0 N–H and O–H groups in total. The number of hydrogen-bond acceptors (Lipinski definition) is 1. The highest BCUT2D eigenvalue weighted by molar-refractivity contribution is 5.18. The highest BCUT2D eigenvalue weighted by Crippen LogP contribution is 2.62. The maximum absolute atomic E-state index is 2.84. The number of likely N-dealkylation sites (tertiary alicyclic amines) is 1. The highest BCUT2D eigenvalue weighted by Gasteiger charge is 2.65. The first-order valence-electron chi connectivity index (χ1n) is 8.75. The monoisotopic (exact) mass is 295 g/mol. The molecule has 1 aliphatic rings. The van der Waals surface area contributed by atoms with Crippen LogP contribution in [0.2, 0.25) is 0 Å². The second-order valence-corrected chi connectivity index (χ2v) is 11.3. The smallest absolute Gasteiger partial charge is 0.0344 e. The normalized spacial score (nSPS) is 25.4. The first kappa shape index (κ1) is 19.0. The molecule has 1 saturated heterocycles. The molecular weight excluding hydrogens is 254 g/mol. The lowest BCUT2D eigenvalue weighted by molar-refractivity contribution is -0.144. The molecule has 0 aromatic rings. The second-order valence-electron chi connectivity index (χ2n) is 11.3. The zero-order chi connectivity index (χ0) is 17.1. The van der Waals surface area contributed by atoms with E-state index in [1.165, 1.54) is 13.0 Å². The van der Waals surface area contributed by atoms with E-state index in [4.69, 9.17) is 0 Å². The molecule has 0 aliphatic carbocycles. The summed E-state index contributed by atoms with van der Waals surface area (Å²) < 4.78 is 0. The van der Waals surface area contributed by atoms with Crippen molar-refractivity contribution in [2.24, 2.45) is 22.2 Å². The standard InChI is InChI=1S/C20H41N/c1-16(2,3)15-13-14-21(19(10,11)12)20(15,17(4,5)6)18(7,8)9/h15H,13-14H2,1-12H3. The Labute approximate surface area is 134 Å². The van der Waals surface area contributed by atoms with Crippen molar-refractivity contribution in [2.45, 2.75) is 101 Å². The van der Waals surface area contributed by atoms with Crippen LogP contribution in [0.1, 0.15) is 89.5 Å². The topological polar surface area (TPSA) is 3.24 Å². The Kier molecular flexibility index (Phi) is 4.51. The SMILES string of the molecule is CC(C)(C)C1CCN(C(C)(C)C)C1(C(C)(C)C)C(C)(C)C. The average molecular weight is 296 g/mol. The van der Waals surface area contributed by atoms with Crippen molar-refractivity contribution >= 4 is 0 Å². The van der Waals surface area contributed by atoms with Gasteiger partial charge in [0.25, 0.3) is 0 Å². The predicted molar refractivity (Wildman–Crippen MR) is 95.7 cm³/mol. The van der Waals surface area contributed by atoms with Crippen LogP contribution in [-0.4, -0.2) is 22.5 Å². The number of hydrogen-bond donors (Lipinski definition) is 0. The molecule has 126 valence electrons. The number of nitrogens with zero attached hydrogens (tertiary/aromatic N) is 1. The average Bonchev–Trinajstić information content (AvgIpc) is 2.53. The van der Waals surface area contributed by atoms with Crippen LogP contribution < -0.4 is 0 Å². The lowest BCUT2D eigenvalue weighted by Gasteiger charge is -2.64. The van der Waals surface area contributed by atoms with E-state index in [0.29, 0.717) is 11.3 Å². The molecule has 0 aromatic carbocycles. The van der Waals surface area contributed by atoms with Crippen LogP contribution in [0, 0.1) is 22.2 Å². The quantitative estimate of drug-likeness (QED) is 0.531. The summed E-state index contributed by atoms with van der Waals surface area (Å²) in [6.45, 7) is 30.5. The van der Waals surface area contributed by atoms with E-state index < -0.39 is 0 Å². The van der Waals surface area contributed by atoms with Gasteiger partial charge in [-0.05, 0) is 55.9 Å². The third-order valence-corrected chi connectivity index (χ3v) is 5.71. The van der Waals surface area contributed by atoms with E-state index >= 15 is 0 Å². The molecule has 0 bridgehead atoms. The summed E-state index contributed by atoms with van der Waals surface area (Å²) in [6, 6.07) is 0. The second kappa shape index (κ2) is 4.98. The maximum Gasteiger partial charge on any atom is 0.0344 e. The number of rotatable bonds is 0. The molecule has 1 heteroatoms. The summed E-state index contributed by atoms with van der Waals surface area (Å²) >= 11 is 0. The molecule has 1 atom stereocenters. The van der Waals surface area contributed by atoms with Gasteiger partial charge in [0.2, 0.25) is 0 Å². The molecule has 0 saturated carbocycles. The van der Waals surface area contributed by atoms with Crippen LogP contribution in [-0.2, 0) is 0 Å². The van der Waals surface area contributed by atoms with Gasteiger partial charge in [-0.2, -0.15) is 0 Å². The van der Waals surface area contributed by atoms with Gasteiger partial charge in [-0.3, -0.25) is 4.90 Å². The predicted octanol–water partition coefficient (Wildman–Crippen LogP) is 5.98. The van der Waals surface area contributed by atoms with Gasteiger partial charge >= 0.3 is 0 Å². The van der Waals surface area contributed by atoms with Crippen molar-refractivity contribution in [2.75, 3.05) is 6.54 Å². The zero-order valence-corrected chi connectivity index (χ0v) is 16.9. The molecule has 1 unspecified atom stereocenters. The van der Waals surface area contributed by atoms with E-state index in [0.717, 1.165) is 0 Å². The van der Waals surface area contributed by atoms with Crippen LogP contribution >= 0.6 is 0 Å². The molecule has 0 radical (unpaired) electrons. The van der Waals surface area contributed by atoms with Crippen molar-refractivity contribution in [1.82, 2.24) is 4.90 Å². The molecule has 1 nitrogen and oxygen atoms in total. The van der Waals surface area contributed by atoms with Crippen molar-refractivity contribution < 1.29 is 0 Å². The van der Waals surface area contributed by atoms with Gasteiger partial charge in [0.1, 0.15) is 0 Å². The van der Waals surface area contributed by atoms with Crippen LogP contribution in [0.25, 0.3) is 0 Å². The zero-order valence-electron chi connectivity index (χ0n) is 16.9. The minimum atomic E-state index is 0.205. The first-order valence-corrected chi connectivity index (χ1v) is 8.75. The molecule has 1 aliphatic heterocycles. The lowest BCUT2D eigenvalue weighted by atomic mass is 9.50. The molecular formula is C20H41N. The van der Waals surface area contributed by atoms with Crippen molar-refractivity contribution in [1.29, 1.82) is 0 Å². The summed E-state index contributed by atoms with van der Waals surface area (Å²) in [5, 5.41) is 0. The Hall–Kier alpha value is -0.0400. The Morgan fingerprint density at radius 3 is 1.33 bits per heavy atom. The Morgan fingerprint density at radius 1 is 0.714 bits per heavy atom. The molecule has 1 fully saturated rings. The lowest BCUT2D eigenvalue weighted by Crippen LogP contribution is -2.70. The molecule has 0 spiro atoms. The molecule has 0 amide bonds. The summed E-state index contributed by atoms with van der Waals surface area (Å²) in [5.74, 6) is 0.712. The third-order valence-electron chi connectivity index (χ3n) is 5.71. The first-order chi connectivity index (χ1) is 8.97. The van der Waals surface area contributed by atoms with Crippen molar-refractivity contribution in [3.8, 4) is 0 Å². The van der Waals surface area contributed by atoms with Gasteiger partial charge in [0.05, 0.1) is 0 Å². The Bertz CT molecular complexity index is 327. The van der Waals surface area contributed by atoms with E-state index in [1.807, 2.05) is 0 Å². The van der Waals surface area contributed by atoms with Gasteiger partial charge < -0.3 is 0 Å². The fourth-order valence-corrected chi connectivity index (χ4v) is 5.74. The van der Waals surface area contributed by atoms with Crippen molar-refractivity contribution in [3.63, 3.8) is 0 Å². The van der Waals surface area contributed by atoms with Gasteiger partial charge in [-0.1, -0.05) is 62.3 Å². The Morgan fingerprint density at radius 2 is 1.10 bits per heavy atom. The van der Waals surface area contributed by atoms with E-state index in [2.05, 4.69) is 88.0 Å². The van der Waals surface area contributed by atoms with E-state index in [9.17, 15) is 0 Å². The van der Waals surface area contributed by atoms with Crippen LogP contribution in [0.15, 0.2) is 0 Å². The van der Waals surface area contributed by atoms with Gasteiger partial charge in [0.15, 0.2) is 0 Å². The minimum absolute atomic E-state index is 0.205. The third kappa shape index (κ3) is 2.92. The summed E-state index contributed by atoms with van der Waals surface area (Å²) in [7, 11) is 0. The van der Waals surface area contributed by atoms with Crippen LogP contribution in [0.4, 0.5) is 0 Å². The largest absolute Gasteiger partial charge is 0.291 e. The summed E-state index contributed by atoms with van der Waals surface area (Å²) in [6.07, 6.45) is 1.31. The summed E-state index contributed by atoms with van der Waals surface area (Å²) in [5.41, 5.74) is 1.23. The molecule has 21 heavy (non-hydrogen) atoms. The Balaban J connectivity index is 3.68. The maximum atomic E-state index is 2.84. The van der Waals surface area contributed by atoms with Crippen LogP contribution in [0.5, 0.6) is 0 Å². The van der Waals surface area contributed by atoms with Gasteiger partial charge in [0, 0.05) is 11.1 Å².